The van der Waals surface area contributed by atoms with Crippen LogP contribution in [0.5, 0.6) is 0 Å². The van der Waals surface area contributed by atoms with Crippen molar-refractivity contribution in [3.8, 4) is 0 Å². The maximum absolute atomic E-state index is 5.77. The van der Waals surface area contributed by atoms with Gasteiger partial charge in [-0.15, -0.1) is 24.0 Å². The van der Waals surface area contributed by atoms with E-state index in [1.54, 1.807) is 0 Å². The van der Waals surface area contributed by atoms with Gasteiger partial charge in [0.15, 0.2) is 5.96 Å². The van der Waals surface area contributed by atoms with E-state index in [4.69, 9.17) is 5.73 Å². The van der Waals surface area contributed by atoms with Gasteiger partial charge in [0.05, 0.1) is 6.20 Å². The molecule has 0 saturated carbocycles. The zero-order valence-electron chi connectivity index (χ0n) is 11.6. The predicted octanol–water partition coefficient (Wildman–Crippen LogP) is 1.97. The molecule has 0 atom stereocenters. The fourth-order valence-corrected chi connectivity index (χ4v) is 1.52. The number of hydrogen-bond donors (Lipinski definition) is 3. The number of aryl methyl sites for hydroxylation is 2. The maximum atomic E-state index is 5.77. The molecule has 1 rings (SSSR count). The first-order chi connectivity index (χ1) is 7.88. The third-order valence-electron chi connectivity index (χ3n) is 2.32. The second-order valence-corrected chi connectivity index (χ2v) is 5.27. The Labute approximate surface area is 126 Å². The molecule has 0 aliphatic rings. The number of aliphatic imine (C=N–C) groups is 1. The van der Waals surface area contributed by atoms with Gasteiger partial charge in [-0.05, 0) is 46.1 Å². The Morgan fingerprint density at radius 3 is 2.67 bits per heavy atom. The smallest absolute Gasteiger partial charge is 0.188 e. The van der Waals surface area contributed by atoms with Gasteiger partial charge in [0.1, 0.15) is 0 Å². The molecule has 18 heavy (non-hydrogen) atoms. The largest absolute Gasteiger partial charge is 0.370 e. The summed E-state index contributed by atoms with van der Waals surface area (Å²) in [5.74, 6) is 0.515. The third kappa shape index (κ3) is 6.83. The summed E-state index contributed by atoms with van der Waals surface area (Å²) >= 11 is 0. The van der Waals surface area contributed by atoms with Crippen LogP contribution in [0.3, 0.4) is 0 Å². The lowest BCUT2D eigenvalue weighted by molar-refractivity contribution is 0.508. The van der Waals surface area contributed by atoms with Crippen molar-refractivity contribution in [1.29, 1.82) is 0 Å². The van der Waals surface area contributed by atoms with Gasteiger partial charge in [-0.2, -0.15) is 5.10 Å². The van der Waals surface area contributed by atoms with E-state index in [1.165, 1.54) is 5.56 Å². The van der Waals surface area contributed by atoms with Gasteiger partial charge in [-0.3, -0.25) is 10.1 Å². The topological polar surface area (TPSA) is 79.1 Å². The highest BCUT2D eigenvalue weighted by Gasteiger charge is 2.09. The highest BCUT2D eigenvalue weighted by Crippen LogP contribution is 2.05. The van der Waals surface area contributed by atoms with Crippen LogP contribution in [0.2, 0.25) is 0 Å². The van der Waals surface area contributed by atoms with E-state index in [1.807, 2.05) is 13.1 Å². The minimum absolute atomic E-state index is 0. The van der Waals surface area contributed by atoms with Gasteiger partial charge in [0.2, 0.25) is 0 Å². The molecule has 0 fully saturated rings. The molecule has 6 heteroatoms. The number of guanidine groups is 1. The van der Waals surface area contributed by atoms with Crippen molar-refractivity contribution in [2.45, 2.75) is 46.1 Å². The Morgan fingerprint density at radius 2 is 2.17 bits per heavy atom. The fraction of sp³-hybridized carbons (Fsp3) is 0.667. The molecule has 0 amide bonds. The molecule has 104 valence electrons. The number of halogens is 1. The van der Waals surface area contributed by atoms with Gasteiger partial charge in [-0.1, -0.05) is 0 Å². The summed E-state index contributed by atoms with van der Waals surface area (Å²) in [7, 11) is 0. The first-order valence-electron chi connectivity index (χ1n) is 5.95. The van der Waals surface area contributed by atoms with Crippen LogP contribution in [0.15, 0.2) is 11.2 Å². The monoisotopic (exact) mass is 365 g/mol. The number of nitrogens with zero attached hydrogens (tertiary/aromatic N) is 2. The summed E-state index contributed by atoms with van der Waals surface area (Å²) in [5, 5.41) is 10.0. The van der Waals surface area contributed by atoms with Crippen LogP contribution in [-0.4, -0.2) is 28.2 Å². The van der Waals surface area contributed by atoms with E-state index in [2.05, 4.69) is 41.3 Å². The number of rotatable bonds is 4. The van der Waals surface area contributed by atoms with Crippen molar-refractivity contribution in [1.82, 2.24) is 15.5 Å². The van der Waals surface area contributed by atoms with Gasteiger partial charge >= 0.3 is 0 Å². The van der Waals surface area contributed by atoms with Crippen LogP contribution in [0.4, 0.5) is 0 Å². The number of hydrogen-bond acceptors (Lipinski definition) is 2. The number of nitrogens with two attached hydrogens (primary N) is 1. The van der Waals surface area contributed by atoms with E-state index < -0.39 is 0 Å². The van der Waals surface area contributed by atoms with E-state index in [9.17, 15) is 0 Å². The third-order valence-corrected chi connectivity index (χ3v) is 2.32. The zero-order valence-corrected chi connectivity index (χ0v) is 13.9. The lowest BCUT2D eigenvalue weighted by atomic mass is 10.1. The van der Waals surface area contributed by atoms with E-state index in [0.29, 0.717) is 5.96 Å². The molecular formula is C12H24IN5. The van der Waals surface area contributed by atoms with Crippen molar-refractivity contribution in [2.75, 3.05) is 6.54 Å². The Hall–Kier alpha value is -0.790. The van der Waals surface area contributed by atoms with E-state index in [0.717, 1.165) is 25.1 Å². The highest BCUT2D eigenvalue weighted by atomic mass is 127. The number of aromatic nitrogens is 2. The summed E-state index contributed by atoms with van der Waals surface area (Å²) in [6.45, 7) is 8.94. The van der Waals surface area contributed by atoms with Gasteiger partial charge in [0.25, 0.3) is 0 Å². The summed E-state index contributed by atoms with van der Waals surface area (Å²) in [4.78, 5) is 4.29. The maximum Gasteiger partial charge on any atom is 0.188 e. The second kappa shape index (κ2) is 7.60. The van der Waals surface area contributed by atoms with Crippen molar-refractivity contribution in [3.05, 3.63) is 17.5 Å². The van der Waals surface area contributed by atoms with Crippen LogP contribution >= 0.6 is 24.0 Å². The Morgan fingerprint density at radius 1 is 1.50 bits per heavy atom. The standard InChI is InChI=1S/C12H23N5.HI/c1-9-10(8-15-17-9)6-5-7-14-11(13)16-12(2,3)4;/h8H,5-7H2,1-4H3,(H,15,17)(H3,13,14,16);1H. The molecule has 0 unspecified atom stereocenters. The molecular weight excluding hydrogens is 341 g/mol. The van der Waals surface area contributed by atoms with Crippen LogP contribution in [0.25, 0.3) is 0 Å². The lowest BCUT2D eigenvalue weighted by Gasteiger charge is -2.20. The van der Waals surface area contributed by atoms with Gasteiger partial charge in [0, 0.05) is 17.8 Å². The second-order valence-electron chi connectivity index (χ2n) is 5.27. The van der Waals surface area contributed by atoms with Crippen molar-refractivity contribution >= 4 is 29.9 Å². The van der Waals surface area contributed by atoms with Crippen molar-refractivity contribution in [2.24, 2.45) is 10.7 Å². The summed E-state index contributed by atoms with van der Waals surface area (Å²) < 4.78 is 0. The molecule has 4 N–H and O–H groups in total. The summed E-state index contributed by atoms with van der Waals surface area (Å²) in [5.41, 5.74) is 8.12. The van der Waals surface area contributed by atoms with Crippen LogP contribution in [0.1, 0.15) is 38.4 Å². The average molecular weight is 365 g/mol. The normalized spacial score (nSPS) is 12.1. The number of aromatic amines is 1. The molecule has 0 radical (unpaired) electrons. The zero-order chi connectivity index (χ0) is 12.9. The first kappa shape index (κ1) is 17.2. The van der Waals surface area contributed by atoms with Gasteiger partial charge < -0.3 is 11.1 Å². The molecule has 0 aliphatic heterocycles. The first-order valence-corrected chi connectivity index (χ1v) is 5.95. The quantitative estimate of drug-likeness (QED) is 0.330. The van der Waals surface area contributed by atoms with E-state index in [-0.39, 0.29) is 29.5 Å². The minimum atomic E-state index is -0.0330. The van der Waals surface area contributed by atoms with E-state index >= 15 is 0 Å². The molecule has 1 heterocycles. The predicted molar refractivity (Wildman–Crippen MR) is 86.4 cm³/mol. The Balaban J connectivity index is 0.00000289. The molecule has 0 aromatic carbocycles. The number of H-pyrrole nitrogens is 1. The molecule has 0 aliphatic carbocycles. The molecule has 0 saturated heterocycles. The number of nitrogens with one attached hydrogen (secondary N) is 2. The molecule has 1 aromatic heterocycles. The highest BCUT2D eigenvalue weighted by molar-refractivity contribution is 14.0. The van der Waals surface area contributed by atoms with Gasteiger partial charge in [-0.25, -0.2) is 0 Å². The SMILES string of the molecule is Cc1[nH]ncc1CCCN=C(N)NC(C)(C)C.I. The van der Waals surface area contributed by atoms with Crippen LogP contribution in [0, 0.1) is 6.92 Å². The van der Waals surface area contributed by atoms with Crippen LogP contribution in [-0.2, 0) is 6.42 Å². The Bertz CT molecular complexity index is 378. The van der Waals surface area contributed by atoms with Crippen molar-refractivity contribution < 1.29 is 0 Å². The average Bonchev–Trinajstić information content (AvgIpc) is 2.56. The summed E-state index contributed by atoms with van der Waals surface area (Å²) in [6.07, 6.45) is 3.83. The Kier molecular flexibility index (Phi) is 7.27. The lowest BCUT2D eigenvalue weighted by Crippen LogP contribution is -2.45. The fourth-order valence-electron chi connectivity index (χ4n) is 1.52. The molecule has 1 aromatic rings. The molecule has 5 nitrogen and oxygen atoms in total. The molecule has 0 bridgehead atoms. The molecule has 0 spiro atoms. The minimum Gasteiger partial charge on any atom is -0.370 e. The van der Waals surface area contributed by atoms with Crippen molar-refractivity contribution in [3.63, 3.8) is 0 Å². The summed E-state index contributed by atoms with van der Waals surface area (Å²) in [6, 6.07) is 0. The van der Waals surface area contributed by atoms with Crippen LogP contribution < -0.4 is 11.1 Å².